The van der Waals surface area contributed by atoms with Crippen molar-refractivity contribution >= 4 is 34.9 Å². The number of hydrogen-bond acceptors (Lipinski definition) is 3. The molecule has 0 bridgehead atoms. The molecule has 3 nitrogen and oxygen atoms in total. The van der Waals surface area contributed by atoms with Gasteiger partial charge in [0.2, 0.25) is 0 Å². The van der Waals surface area contributed by atoms with E-state index in [4.69, 9.17) is 21.4 Å². The number of carboxylic acid groups (broad SMARTS) is 1. The molecule has 3 rings (SSSR count). The van der Waals surface area contributed by atoms with Crippen molar-refractivity contribution in [1.82, 2.24) is 0 Å². The van der Waals surface area contributed by atoms with E-state index in [2.05, 4.69) is 61.5 Å². The molecule has 0 atom stereocenters. The fourth-order valence-electron chi connectivity index (χ4n) is 3.03. The maximum atomic E-state index is 10.7. The molecule has 0 spiro atoms. The second-order valence-electron chi connectivity index (χ2n) is 6.62. The molecule has 0 radical (unpaired) electrons. The van der Waals surface area contributed by atoms with Crippen molar-refractivity contribution in [1.29, 1.82) is 0 Å². The lowest BCUT2D eigenvalue weighted by Gasteiger charge is -2.11. The number of aliphatic carboxylic acids is 1. The van der Waals surface area contributed by atoms with Crippen molar-refractivity contribution in [3.8, 4) is 5.75 Å². The van der Waals surface area contributed by atoms with Crippen LogP contribution in [0, 0.1) is 0 Å². The average Bonchev–Trinajstić information content (AvgIpc) is 2.76. The summed E-state index contributed by atoms with van der Waals surface area (Å²) in [4.78, 5) is 11.6. The third kappa shape index (κ3) is 6.15. The van der Waals surface area contributed by atoms with Crippen LogP contribution in [0.2, 0.25) is 5.02 Å². The van der Waals surface area contributed by atoms with Crippen LogP contribution >= 0.6 is 23.4 Å². The molecule has 1 N–H and O–H groups in total. The molecule has 0 aliphatic carbocycles. The normalized spacial score (nSPS) is 11.3. The number of aryl methyl sites for hydroxylation is 1. The Labute approximate surface area is 186 Å². The van der Waals surface area contributed by atoms with Crippen LogP contribution in [0.15, 0.2) is 83.8 Å². The zero-order valence-corrected chi connectivity index (χ0v) is 18.2. The van der Waals surface area contributed by atoms with Crippen molar-refractivity contribution in [3.05, 3.63) is 101 Å². The maximum Gasteiger partial charge on any atom is 0.341 e. The summed E-state index contributed by atoms with van der Waals surface area (Å²) in [5.41, 5.74) is 4.90. The highest BCUT2D eigenvalue weighted by atomic mass is 35.5. The van der Waals surface area contributed by atoms with Gasteiger partial charge in [-0.05, 0) is 46.9 Å². The van der Waals surface area contributed by atoms with Crippen LogP contribution in [0.5, 0.6) is 5.75 Å². The Morgan fingerprint density at radius 3 is 2.50 bits per heavy atom. The fourth-order valence-corrected chi connectivity index (χ4v) is 4.14. The highest BCUT2D eigenvalue weighted by molar-refractivity contribution is 7.99. The summed E-state index contributed by atoms with van der Waals surface area (Å²) in [6.07, 6.45) is 3.23. The molecule has 0 unspecified atom stereocenters. The smallest absolute Gasteiger partial charge is 0.341 e. The molecule has 154 valence electrons. The Morgan fingerprint density at radius 2 is 1.80 bits per heavy atom. The lowest BCUT2D eigenvalue weighted by atomic mass is 9.96. The van der Waals surface area contributed by atoms with Crippen LogP contribution in [-0.2, 0) is 11.2 Å². The van der Waals surface area contributed by atoms with Crippen molar-refractivity contribution < 1.29 is 14.6 Å². The van der Waals surface area contributed by atoms with Gasteiger partial charge in [0, 0.05) is 10.6 Å². The molecule has 3 aromatic rings. The van der Waals surface area contributed by atoms with E-state index in [1.54, 1.807) is 23.9 Å². The van der Waals surface area contributed by atoms with E-state index >= 15 is 0 Å². The van der Waals surface area contributed by atoms with Crippen LogP contribution in [0.25, 0.3) is 5.57 Å². The highest BCUT2D eigenvalue weighted by Gasteiger charge is 2.08. The first kappa shape index (κ1) is 22.0. The number of rotatable bonds is 9. The topological polar surface area (TPSA) is 46.5 Å². The minimum absolute atomic E-state index is 0.375. The molecule has 30 heavy (non-hydrogen) atoms. The second-order valence-corrected chi connectivity index (χ2v) is 8.12. The second kappa shape index (κ2) is 10.9. The molecule has 0 aliphatic heterocycles. The number of hydrogen-bond donors (Lipinski definition) is 1. The first-order chi connectivity index (χ1) is 14.6. The predicted octanol–water partition coefficient (Wildman–Crippen LogP) is 6.59. The van der Waals surface area contributed by atoms with E-state index < -0.39 is 12.6 Å². The molecule has 0 amide bonds. The zero-order valence-electron chi connectivity index (χ0n) is 16.7. The van der Waals surface area contributed by atoms with Gasteiger partial charge in [0.15, 0.2) is 6.61 Å². The number of ether oxygens (including phenoxy) is 1. The first-order valence-corrected chi connectivity index (χ1v) is 11.0. The zero-order chi connectivity index (χ0) is 21.3. The van der Waals surface area contributed by atoms with Gasteiger partial charge in [-0.2, -0.15) is 0 Å². The van der Waals surface area contributed by atoms with Crippen LogP contribution in [-0.4, -0.2) is 23.4 Å². The van der Waals surface area contributed by atoms with Gasteiger partial charge >= 0.3 is 5.97 Å². The molecule has 0 saturated carbocycles. The van der Waals surface area contributed by atoms with E-state index in [0.717, 1.165) is 17.1 Å². The monoisotopic (exact) mass is 438 g/mol. The molecular weight excluding hydrogens is 416 g/mol. The summed E-state index contributed by atoms with van der Waals surface area (Å²) in [5, 5.41) is 9.14. The van der Waals surface area contributed by atoms with Gasteiger partial charge in [-0.1, -0.05) is 79.2 Å². The third-order valence-corrected chi connectivity index (χ3v) is 5.74. The summed E-state index contributed by atoms with van der Waals surface area (Å²) in [5.74, 6) is 0.113. The molecule has 0 aliphatic rings. The number of carbonyl (C=O) groups is 1. The molecule has 5 heteroatoms. The van der Waals surface area contributed by atoms with E-state index in [1.807, 2.05) is 12.1 Å². The van der Waals surface area contributed by atoms with Gasteiger partial charge in [0.05, 0.1) is 5.02 Å². The number of halogens is 1. The largest absolute Gasteiger partial charge is 0.480 e. The Hall–Kier alpha value is -2.69. The fraction of sp³-hybridized carbons (Fsp3) is 0.160. The molecule has 3 aromatic carbocycles. The number of carboxylic acids is 1. The Bertz CT molecular complexity index is 1030. The van der Waals surface area contributed by atoms with Crippen molar-refractivity contribution in [2.45, 2.75) is 18.2 Å². The molecule has 0 aromatic heterocycles. The van der Waals surface area contributed by atoms with Crippen LogP contribution in [0.4, 0.5) is 0 Å². The third-order valence-electron chi connectivity index (χ3n) is 4.52. The average molecular weight is 439 g/mol. The summed E-state index contributed by atoms with van der Waals surface area (Å²) in [7, 11) is 0. The van der Waals surface area contributed by atoms with E-state index in [9.17, 15) is 4.79 Å². The number of benzene rings is 3. The molecular formula is C25H23ClO3S. The minimum Gasteiger partial charge on any atom is -0.480 e. The van der Waals surface area contributed by atoms with Gasteiger partial charge in [-0.25, -0.2) is 4.79 Å². The summed E-state index contributed by atoms with van der Waals surface area (Å²) >= 11 is 7.90. The number of thioether (sulfide) groups is 1. The standard InChI is InChI=1S/C25H23ClO3S/c1-2-18-7-6-10-20(15-18)22(19-8-4-3-5-9-19)13-14-30-21-11-12-24(23(26)16-21)29-17-25(27)28/h3-13,15-16H,2,14,17H2,1H3,(H,27,28)/b22-13-. The molecule has 0 heterocycles. The van der Waals surface area contributed by atoms with E-state index in [1.165, 1.54) is 22.3 Å². The van der Waals surface area contributed by atoms with Crippen LogP contribution < -0.4 is 4.74 Å². The van der Waals surface area contributed by atoms with Gasteiger partial charge < -0.3 is 9.84 Å². The van der Waals surface area contributed by atoms with Crippen molar-refractivity contribution in [3.63, 3.8) is 0 Å². The summed E-state index contributed by atoms with van der Waals surface area (Å²) in [6.45, 7) is 1.75. The lowest BCUT2D eigenvalue weighted by molar-refractivity contribution is -0.139. The van der Waals surface area contributed by atoms with Gasteiger partial charge in [-0.15, -0.1) is 11.8 Å². The minimum atomic E-state index is -1.03. The summed E-state index contributed by atoms with van der Waals surface area (Å²) < 4.78 is 5.18. The van der Waals surface area contributed by atoms with E-state index in [-0.39, 0.29) is 0 Å². The first-order valence-electron chi connectivity index (χ1n) is 9.68. The molecule has 0 fully saturated rings. The maximum absolute atomic E-state index is 10.7. The highest BCUT2D eigenvalue weighted by Crippen LogP contribution is 2.31. The van der Waals surface area contributed by atoms with E-state index in [0.29, 0.717) is 10.8 Å². The molecule has 0 saturated heterocycles. The quantitative estimate of drug-likeness (QED) is 0.383. The Morgan fingerprint density at radius 1 is 1.03 bits per heavy atom. The lowest BCUT2D eigenvalue weighted by Crippen LogP contribution is -2.09. The predicted molar refractivity (Wildman–Crippen MR) is 125 cm³/mol. The Balaban J connectivity index is 1.78. The van der Waals surface area contributed by atoms with Crippen molar-refractivity contribution in [2.75, 3.05) is 12.4 Å². The van der Waals surface area contributed by atoms with Gasteiger partial charge in [0.1, 0.15) is 5.75 Å². The van der Waals surface area contributed by atoms with Crippen LogP contribution in [0.3, 0.4) is 0 Å². The van der Waals surface area contributed by atoms with Gasteiger partial charge in [-0.3, -0.25) is 0 Å². The Kier molecular flexibility index (Phi) is 8.00. The van der Waals surface area contributed by atoms with Crippen molar-refractivity contribution in [2.24, 2.45) is 0 Å². The SMILES string of the molecule is CCc1cccc(/C(=C\CSc2ccc(OCC(=O)O)c(Cl)c2)c2ccccc2)c1. The summed E-state index contributed by atoms with van der Waals surface area (Å²) in [6, 6.07) is 24.4. The van der Waals surface area contributed by atoms with Crippen LogP contribution in [0.1, 0.15) is 23.6 Å². The van der Waals surface area contributed by atoms with Gasteiger partial charge in [0.25, 0.3) is 0 Å².